The fourth-order valence-electron chi connectivity index (χ4n) is 3.22. The number of carbonyl (C=O) groups is 1. The maximum atomic E-state index is 11.9. The van der Waals surface area contributed by atoms with E-state index in [1.807, 2.05) is 49.4 Å². The highest BCUT2D eigenvalue weighted by Crippen LogP contribution is 2.21. The van der Waals surface area contributed by atoms with Gasteiger partial charge in [0.25, 0.3) is 0 Å². The maximum Gasteiger partial charge on any atom is 0.224 e. The molecule has 158 valence electrons. The summed E-state index contributed by atoms with van der Waals surface area (Å²) in [5, 5.41) is 15.0. The third-order valence-electron chi connectivity index (χ3n) is 4.80. The first kappa shape index (κ1) is 20.4. The number of H-pyrrole nitrogens is 1. The number of nitrogens with one attached hydrogen (secondary N) is 4. The number of allylic oxidation sites excluding steroid dienone is 1. The van der Waals surface area contributed by atoms with E-state index in [1.165, 1.54) is 12.5 Å². The summed E-state index contributed by atoms with van der Waals surface area (Å²) in [5.74, 6) is 0.754. The van der Waals surface area contributed by atoms with Gasteiger partial charge < -0.3 is 20.4 Å². The Morgan fingerprint density at radius 1 is 1.26 bits per heavy atom. The van der Waals surface area contributed by atoms with Gasteiger partial charge in [0.15, 0.2) is 0 Å². The summed E-state index contributed by atoms with van der Waals surface area (Å²) >= 11 is 0. The van der Waals surface area contributed by atoms with Crippen molar-refractivity contribution in [2.24, 2.45) is 4.99 Å². The number of benzene rings is 2. The van der Waals surface area contributed by atoms with Crippen molar-refractivity contribution < 1.29 is 9.53 Å². The molecule has 1 amide bonds. The molecule has 0 saturated heterocycles. The van der Waals surface area contributed by atoms with Gasteiger partial charge in [-0.2, -0.15) is 0 Å². The van der Waals surface area contributed by atoms with Gasteiger partial charge in [-0.05, 0) is 67.8 Å². The smallest absolute Gasteiger partial charge is 0.224 e. The van der Waals surface area contributed by atoms with E-state index < -0.39 is 0 Å². The number of aryl methyl sites for hydroxylation is 1. The minimum atomic E-state index is -0.00607. The average Bonchev–Trinajstić information content (AvgIpc) is 3.45. The molecule has 4 N–H and O–H groups in total. The molecule has 0 aliphatic heterocycles. The summed E-state index contributed by atoms with van der Waals surface area (Å²) in [4.78, 5) is 19.3. The van der Waals surface area contributed by atoms with Gasteiger partial charge >= 0.3 is 0 Å². The average molecular weight is 415 g/mol. The molecule has 1 fully saturated rings. The van der Waals surface area contributed by atoms with Crippen molar-refractivity contribution in [1.82, 2.24) is 10.3 Å². The number of hydrogen-bond acceptors (Lipinski definition) is 3. The molecular weight excluding hydrogens is 390 g/mol. The molecule has 1 aliphatic rings. The van der Waals surface area contributed by atoms with Crippen LogP contribution in [0.5, 0.6) is 5.75 Å². The standard InChI is InChI=1S/C24H25N5O2/c1-16-12-18-15-21(8-9-22(18)27-16)31-11-3-10-26-24(25)29-20-5-2-4-17(13-20)14-23(30)28-19-6-7-19/h2-5,8-13,15,19,27H,6-7,14H2,1H3,(H2,25,29)(H,28,30)/b11-3+,26-10-. The van der Waals surface area contributed by atoms with E-state index in [1.54, 1.807) is 6.08 Å². The third kappa shape index (κ3) is 6.05. The SMILES string of the molecule is Cc1cc2cc(O/C=C/C=N\C(=N)Nc3cccc(CC(=O)NC4CC4)c3)ccc2[nH]1. The summed E-state index contributed by atoms with van der Waals surface area (Å²) < 4.78 is 5.59. The Morgan fingerprint density at radius 3 is 2.97 bits per heavy atom. The molecule has 4 rings (SSSR count). The van der Waals surface area contributed by atoms with Crippen LogP contribution in [0.15, 0.2) is 65.9 Å². The van der Waals surface area contributed by atoms with E-state index in [0.717, 1.165) is 40.8 Å². The van der Waals surface area contributed by atoms with Crippen LogP contribution in [0.2, 0.25) is 0 Å². The van der Waals surface area contributed by atoms with Crippen LogP contribution in [0.1, 0.15) is 24.1 Å². The molecule has 3 aromatic rings. The number of rotatable bonds is 7. The summed E-state index contributed by atoms with van der Waals surface area (Å²) in [6.45, 7) is 2.02. The van der Waals surface area contributed by atoms with Crippen LogP contribution in [-0.2, 0) is 11.2 Å². The second-order valence-electron chi connectivity index (χ2n) is 7.62. The highest BCUT2D eigenvalue weighted by molar-refractivity contribution is 5.98. The number of carbonyl (C=O) groups excluding carboxylic acids is 1. The van der Waals surface area contributed by atoms with E-state index in [4.69, 9.17) is 10.1 Å². The first-order chi connectivity index (χ1) is 15.0. The van der Waals surface area contributed by atoms with Crippen molar-refractivity contribution in [2.75, 3.05) is 5.32 Å². The van der Waals surface area contributed by atoms with Gasteiger partial charge in [0.1, 0.15) is 5.75 Å². The molecular formula is C24H25N5O2. The number of nitrogens with zero attached hydrogens (tertiary/aromatic N) is 1. The van der Waals surface area contributed by atoms with Gasteiger partial charge in [-0.25, -0.2) is 4.99 Å². The largest absolute Gasteiger partial charge is 0.465 e. The Balaban J connectivity index is 1.25. The molecule has 0 atom stereocenters. The topological polar surface area (TPSA) is 102 Å². The first-order valence-electron chi connectivity index (χ1n) is 10.2. The van der Waals surface area contributed by atoms with Crippen molar-refractivity contribution in [1.29, 1.82) is 5.41 Å². The number of fused-ring (bicyclic) bond motifs is 1. The van der Waals surface area contributed by atoms with Gasteiger partial charge in [0.2, 0.25) is 11.9 Å². The van der Waals surface area contributed by atoms with Gasteiger partial charge in [-0.3, -0.25) is 10.2 Å². The Hall–Kier alpha value is -3.87. The highest BCUT2D eigenvalue weighted by Gasteiger charge is 2.23. The van der Waals surface area contributed by atoms with Crippen molar-refractivity contribution in [3.8, 4) is 5.75 Å². The lowest BCUT2D eigenvalue weighted by molar-refractivity contribution is -0.120. The van der Waals surface area contributed by atoms with Gasteiger partial charge in [0.05, 0.1) is 12.7 Å². The molecule has 31 heavy (non-hydrogen) atoms. The number of hydrogen-bond donors (Lipinski definition) is 4. The molecule has 1 heterocycles. The zero-order valence-corrected chi connectivity index (χ0v) is 17.3. The van der Waals surface area contributed by atoms with Gasteiger partial charge in [-0.1, -0.05) is 12.1 Å². The summed E-state index contributed by atoms with van der Waals surface area (Å²) in [6.07, 6.45) is 7.11. The van der Waals surface area contributed by atoms with E-state index in [0.29, 0.717) is 18.2 Å². The molecule has 1 saturated carbocycles. The van der Waals surface area contributed by atoms with Crippen LogP contribution in [0.25, 0.3) is 10.9 Å². The lowest BCUT2D eigenvalue weighted by Crippen LogP contribution is -2.26. The maximum absolute atomic E-state index is 11.9. The number of aromatic nitrogens is 1. The van der Waals surface area contributed by atoms with Crippen LogP contribution in [0, 0.1) is 12.3 Å². The molecule has 1 aliphatic carbocycles. The normalized spacial score (nSPS) is 13.7. The van der Waals surface area contributed by atoms with E-state index in [2.05, 4.69) is 26.7 Å². The summed E-state index contributed by atoms with van der Waals surface area (Å²) in [5.41, 5.74) is 3.78. The zero-order chi connectivity index (χ0) is 21.6. The van der Waals surface area contributed by atoms with E-state index >= 15 is 0 Å². The summed E-state index contributed by atoms with van der Waals surface area (Å²) in [7, 11) is 0. The zero-order valence-electron chi connectivity index (χ0n) is 17.3. The number of aliphatic imine (C=N–C) groups is 1. The number of amides is 1. The van der Waals surface area contributed by atoms with Crippen LogP contribution >= 0.6 is 0 Å². The van der Waals surface area contributed by atoms with Crippen LogP contribution in [0.4, 0.5) is 5.69 Å². The second-order valence-corrected chi connectivity index (χ2v) is 7.62. The van der Waals surface area contributed by atoms with Gasteiger partial charge in [0, 0.05) is 34.5 Å². The second kappa shape index (κ2) is 9.30. The minimum Gasteiger partial charge on any atom is -0.465 e. The predicted octanol–water partition coefficient (Wildman–Crippen LogP) is 4.31. The highest BCUT2D eigenvalue weighted by atomic mass is 16.5. The monoisotopic (exact) mass is 415 g/mol. The third-order valence-corrected chi connectivity index (χ3v) is 4.80. The van der Waals surface area contributed by atoms with Crippen molar-refractivity contribution in [3.05, 3.63) is 72.1 Å². The van der Waals surface area contributed by atoms with Crippen molar-refractivity contribution >= 4 is 34.7 Å². The Kier molecular flexibility index (Phi) is 6.12. The fourth-order valence-corrected chi connectivity index (χ4v) is 3.22. The lowest BCUT2D eigenvalue weighted by atomic mass is 10.1. The molecule has 0 spiro atoms. The number of aromatic amines is 1. The molecule has 2 aromatic carbocycles. The number of ether oxygens (including phenoxy) is 1. The molecule has 7 heteroatoms. The van der Waals surface area contributed by atoms with Crippen LogP contribution in [-0.4, -0.2) is 29.1 Å². The van der Waals surface area contributed by atoms with E-state index in [9.17, 15) is 4.79 Å². The van der Waals surface area contributed by atoms with Crippen LogP contribution in [0.3, 0.4) is 0 Å². The quantitative estimate of drug-likeness (QED) is 0.263. The number of guanidine groups is 1. The number of anilines is 1. The van der Waals surface area contributed by atoms with Gasteiger partial charge in [-0.15, -0.1) is 0 Å². The summed E-state index contributed by atoms with van der Waals surface area (Å²) in [6, 6.07) is 15.7. The Labute approximate surface area is 180 Å². The minimum absolute atomic E-state index is 0.00607. The van der Waals surface area contributed by atoms with E-state index in [-0.39, 0.29) is 11.9 Å². The molecule has 7 nitrogen and oxygen atoms in total. The fraction of sp³-hybridized carbons (Fsp3) is 0.208. The predicted molar refractivity (Wildman–Crippen MR) is 124 cm³/mol. The molecule has 1 aromatic heterocycles. The van der Waals surface area contributed by atoms with Crippen LogP contribution < -0.4 is 15.4 Å². The lowest BCUT2D eigenvalue weighted by Gasteiger charge is -2.07. The Morgan fingerprint density at radius 2 is 2.13 bits per heavy atom. The first-order valence-corrected chi connectivity index (χ1v) is 10.2. The molecule has 0 radical (unpaired) electrons. The molecule has 0 unspecified atom stereocenters. The van der Waals surface area contributed by atoms with Crippen molar-refractivity contribution in [2.45, 2.75) is 32.2 Å². The molecule has 0 bridgehead atoms. The van der Waals surface area contributed by atoms with Crippen molar-refractivity contribution in [3.63, 3.8) is 0 Å². The Bertz CT molecular complexity index is 1160.